The number of anilines is 3. The number of pyridine rings is 1. The highest BCUT2D eigenvalue weighted by Gasteiger charge is 2.33. The fourth-order valence-electron chi connectivity index (χ4n) is 8.48. The monoisotopic (exact) mass is 879 g/mol. The molecule has 334 valence electrons. The van der Waals surface area contributed by atoms with Gasteiger partial charge in [0.05, 0.1) is 23.5 Å². The minimum atomic E-state index is -0.620. The van der Waals surface area contributed by atoms with Crippen LogP contribution in [0, 0.1) is 23.1 Å². The lowest BCUT2D eigenvalue weighted by Gasteiger charge is -2.39. The molecule has 5 aromatic rings. The number of piperazine rings is 1. The predicted octanol–water partition coefficient (Wildman–Crippen LogP) is 4.27. The molecule has 3 aliphatic heterocycles. The maximum atomic E-state index is 15.2. The number of nitriles is 1. The van der Waals surface area contributed by atoms with E-state index in [0.717, 1.165) is 22.3 Å². The van der Waals surface area contributed by atoms with Gasteiger partial charge < -0.3 is 30.7 Å². The van der Waals surface area contributed by atoms with Gasteiger partial charge in [-0.25, -0.2) is 9.37 Å². The Kier molecular flexibility index (Phi) is 13.8. The van der Waals surface area contributed by atoms with Gasteiger partial charge in [-0.05, 0) is 79.3 Å². The molecule has 3 saturated heterocycles. The zero-order chi connectivity index (χ0) is 45.3. The summed E-state index contributed by atoms with van der Waals surface area (Å²) in [4.78, 5) is 74.0. The first-order chi connectivity index (χ1) is 31.6. The molecule has 17 heteroatoms. The van der Waals surface area contributed by atoms with Gasteiger partial charge in [-0.1, -0.05) is 42.5 Å². The first-order valence-electron chi connectivity index (χ1n) is 21.9. The Morgan fingerprint density at radius 3 is 2.32 bits per heavy atom. The van der Waals surface area contributed by atoms with E-state index in [4.69, 9.17) is 5.26 Å². The van der Waals surface area contributed by atoms with Crippen molar-refractivity contribution in [3.63, 3.8) is 0 Å². The number of nitrogens with zero attached hydrogens (tertiary/aromatic N) is 7. The van der Waals surface area contributed by atoms with E-state index in [1.807, 2.05) is 58.3 Å². The third-order valence-corrected chi connectivity index (χ3v) is 12.2. The summed E-state index contributed by atoms with van der Waals surface area (Å²) in [5, 5.41) is 25.1. The Morgan fingerprint density at radius 2 is 1.63 bits per heavy atom. The van der Waals surface area contributed by atoms with Crippen molar-refractivity contribution in [3.8, 4) is 17.2 Å². The summed E-state index contributed by atoms with van der Waals surface area (Å²) in [6.07, 6.45) is 7.46. The van der Waals surface area contributed by atoms with Crippen LogP contribution in [0.1, 0.15) is 48.4 Å². The summed E-state index contributed by atoms with van der Waals surface area (Å²) in [6, 6.07) is 26.0. The van der Waals surface area contributed by atoms with E-state index in [2.05, 4.69) is 37.4 Å². The summed E-state index contributed by atoms with van der Waals surface area (Å²) in [5.41, 5.74) is 4.88. The second kappa shape index (κ2) is 20.4. The van der Waals surface area contributed by atoms with Crippen molar-refractivity contribution in [2.24, 2.45) is 5.92 Å². The highest BCUT2D eigenvalue weighted by molar-refractivity contribution is 6.01. The highest BCUT2D eigenvalue weighted by Crippen LogP contribution is 2.27. The van der Waals surface area contributed by atoms with Gasteiger partial charge in [-0.3, -0.25) is 34.0 Å². The van der Waals surface area contributed by atoms with Gasteiger partial charge in [0, 0.05) is 87.4 Å². The average molecular weight is 880 g/mol. The van der Waals surface area contributed by atoms with Crippen LogP contribution in [-0.4, -0.2) is 106 Å². The molecule has 0 saturated carbocycles. The van der Waals surface area contributed by atoms with Crippen LogP contribution >= 0.6 is 0 Å². The molecule has 0 bridgehead atoms. The number of rotatable bonds is 14. The van der Waals surface area contributed by atoms with Crippen molar-refractivity contribution in [1.29, 1.82) is 5.26 Å². The summed E-state index contributed by atoms with van der Waals surface area (Å²) in [5.74, 6) is -1.27. The summed E-state index contributed by atoms with van der Waals surface area (Å²) in [6.45, 7) is 3.36. The quantitative estimate of drug-likeness (QED) is 0.116. The molecule has 3 aromatic carbocycles. The first kappa shape index (κ1) is 44.2. The van der Waals surface area contributed by atoms with Crippen LogP contribution in [0.2, 0.25) is 0 Å². The summed E-state index contributed by atoms with van der Waals surface area (Å²) >= 11 is 0. The fraction of sp³-hybridized carbons (Fsp3) is 0.333. The van der Waals surface area contributed by atoms with Crippen molar-refractivity contribution in [1.82, 2.24) is 35.2 Å². The second-order valence-electron chi connectivity index (χ2n) is 16.5. The van der Waals surface area contributed by atoms with Crippen molar-refractivity contribution >= 4 is 46.7 Å². The zero-order valence-electron chi connectivity index (χ0n) is 35.8. The van der Waals surface area contributed by atoms with Gasteiger partial charge in [-0.2, -0.15) is 10.4 Å². The molecular weight excluding hydrogens is 830 g/mol. The van der Waals surface area contributed by atoms with Gasteiger partial charge in [0.2, 0.25) is 29.5 Å². The molecule has 4 N–H and O–H groups in total. The van der Waals surface area contributed by atoms with Gasteiger partial charge in [0.25, 0.3) is 0 Å². The number of halogens is 1. The number of piperidine rings is 2. The lowest BCUT2D eigenvalue weighted by molar-refractivity contribution is -0.141. The van der Waals surface area contributed by atoms with E-state index in [1.54, 1.807) is 58.5 Å². The van der Waals surface area contributed by atoms with E-state index in [1.165, 1.54) is 6.07 Å². The summed E-state index contributed by atoms with van der Waals surface area (Å²) in [7, 11) is 0. The molecule has 16 nitrogen and oxygen atoms in total. The number of benzene rings is 3. The molecule has 2 atom stereocenters. The third kappa shape index (κ3) is 11.0. The number of likely N-dealkylation sites (tertiary alicyclic amines) is 1. The van der Waals surface area contributed by atoms with Crippen LogP contribution in [0.3, 0.4) is 0 Å². The predicted molar refractivity (Wildman–Crippen MR) is 240 cm³/mol. The number of carbonyl (C=O) groups is 5. The maximum Gasteiger partial charge on any atom is 0.249 e. The molecule has 8 rings (SSSR count). The number of hydrogen-bond acceptors (Lipinski definition) is 11. The standard InChI is InChI=1S/C48H50FN11O5/c49-39-26-38(54-40-12-15-43(61)56-46(40)63)11-13-41(39)57-22-24-59(25-23-57)48(65)35-17-20-58(21-18-35)44(62)31-60-30-37(29-53-60)36-10-14-42(52-28-36)55-47(64)45(34-4-2-1-3-5-34)51-19-16-32-6-8-33(27-50)9-7-32/h1-11,13-14,26,28-30,35,40,45,51,54H,12,15-25,31H2,(H,52,55,64)(H,56,61,63). The molecule has 5 amide bonds. The fourth-order valence-corrected chi connectivity index (χ4v) is 8.48. The van der Waals surface area contributed by atoms with Gasteiger partial charge in [0.15, 0.2) is 0 Å². The number of amides is 5. The smallest absolute Gasteiger partial charge is 0.249 e. The minimum absolute atomic E-state index is 0.0473. The molecule has 2 unspecified atom stereocenters. The average Bonchev–Trinajstić information content (AvgIpc) is 3.80. The molecule has 65 heavy (non-hydrogen) atoms. The van der Waals surface area contributed by atoms with E-state index in [0.29, 0.717) is 94.3 Å². The zero-order valence-corrected chi connectivity index (χ0v) is 35.8. The summed E-state index contributed by atoms with van der Waals surface area (Å²) < 4.78 is 16.8. The van der Waals surface area contributed by atoms with Crippen molar-refractivity contribution in [2.45, 2.75) is 50.7 Å². The van der Waals surface area contributed by atoms with Gasteiger partial charge in [-0.15, -0.1) is 0 Å². The number of nitrogens with one attached hydrogen (secondary N) is 4. The van der Waals surface area contributed by atoms with Gasteiger partial charge in [0.1, 0.15) is 30.3 Å². The normalized spacial score (nSPS) is 17.2. The van der Waals surface area contributed by atoms with E-state index < -0.39 is 23.8 Å². The van der Waals surface area contributed by atoms with Crippen LogP contribution < -0.4 is 26.2 Å². The van der Waals surface area contributed by atoms with E-state index in [-0.39, 0.29) is 42.5 Å². The largest absolute Gasteiger partial charge is 0.374 e. The lowest BCUT2D eigenvalue weighted by atomic mass is 9.95. The first-order valence-corrected chi connectivity index (χ1v) is 21.9. The Bertz CT molecular complexity index is 2550. The van der Waals surface area contributed by atoms with E-state index >= 15 is 4.39 Å². The van der Waals surface area contributed by atoms with Crippen molar-refractivity contribution in [2.75, 3.05) is 61.3 Å². The Hall–Kier alpha value is -7.45. The number of aromatic nitrogens is 3. The van der Waals surface area contributed by atoms with Gasteiger partial charge >= 0.3 is 0 Å². The van der Waals surface area contributed by atoms with Crippen LogP contribution in [0.4, 0.5) is 21.6 Å². The maximum absolute atomic E-state index is 15.2. The number of hydrogen-bond donors (Lipinski definition) is 4. The topological polar surface area (TPSA) is 198 Å². The number of carbonyl (C=O) groups excluding carboxylic acids is 5. The van der Waals surface area contributed by atoms with E-state index in [9.17, 15) is 24.0 Å². The highest BCUT2D eigenvalue weighted by atomic mass is 19.1. The molecule has 0 radical (unpaired) electrons. The molecule has 0 aliphatic carbocycles. The molecule has 2 aromatic heterocycles. The van der Waals surface area contributed by atoms with Crippen LogP contribution in [-0.2, 0) is 36.9 Å². The SMILES string of the molecule is N#Cc1ccc(CCNC(C(=O)Nc2ccc(-c3cnn(CC(=O)N4CCC(C(=O)N5CCN(c6ccc(NC7CCC(=O)NC7=O)cc6F)CC5)CC4)c3)cn2)c2ccccc2)cc1. The number of imide groups is 1. The Morgan fingerprint density at radius 1 is 0.862 bits per heavy atom. The van der Waals surface area contributed by atoms with Crippen molar-refractivity contribution < 1.29 is 28.4 Å². The second-order valence-corrected chi connectivity index (χ2v) is 16.5. The van der Waals surface area contributed by atoms with Crippen LogP contribution in [0.25, 0.3) is 11.1 Å². The lowest BCUT2D eigenvalue weighted by Crippen LogP contribution is -2.52. The molecule has 0 spiro atoms. The van der Waals surface area contributed by atoms with Crippen LogP contribution in [0.15, 0.2) is 104 Å². The third-order valence-electron chi connectivity index (χ3n) is 12.2. The molecule has 3 aliphatic rings. The Labute approximate surface area is 375 Å². The van der Waals surface area contributed by atoms with Crippen LogP contribution in [0.5, 0.6) is 0 Å². The molecular formula is C48H50FN11O5. The molecule has 3 fully saturated rings. The van der Waals surface area contributed by atoms with Crippen molar-refractivity contribution in [3.05, 3.63) is 126 Å². The Balaban J connectivity index is 0.772. The molecule has 5 heterocycles. The minimum Gasteiger partial charge on any atom is -0.374 e.